The Morgan fingerprint density at radius 1 is 1.20 bits per heavy atom. The van der Waals surface area contributed by atoms with E-state index in [9.17, 15) is 0 Å². The number of rotatable bonds is 6. The van der Waals surface area contributed by atoms with E-state index in [1.807, 2.05) is 0 Å². The molecule has 1 aliphatic heterocycles. The van der Waals surface area contributed by atoms with Crippen LogP contribution in [0.2, 0.25) is 19.1 Å². The predicted octanol–water partition coefficient (Wildman–Crippen LogP) is 5.73. The van der Waals surface area contributed by atoms with Crippen LogP contribution in [0, 0.1) is 0 Å². The smallest absolute Gasteiger partial charge is 0.187 e. The molecule has 1 aromatic carbocycles. The van der Waals surface area contributed by atoms with Crippen LogP contribution in [0.3, 0.4) is 0 Å². The van der Waals surface area contributed by atoms with E-state index < -0.39 is 8.32 Å². The Morgan fingerprint density at radius 2 is 1.95 bits per heavy atom. The molecule has 0 aliphatic carbocycles. The van der Waals surface area contributed by atoms with Crippen molar-refractivity contribution in [3.05, 3.63) is 35.9 Å². The second-order valence-corrected chi connectivity index (χ2v) is 11.1. The molecule has 1 nitrogen and oxygen atoms in total. The molecule has 0 radical (unpaired) electrons. The molecular weight excluding hydrogens is 260 g/mol. The molecule has 0 amide bonds. The maximum absolute atomic E-state index is 6.56. The number of benzene rings is 1. The van der Waals surface area contributed by atoms with Gasteiger partial charge in [0.25, 0.3) is 0 Å². The van der Waals surface area contributed by atoms with Crippen LogP contribution in [0.1, 0.15) is 56.9 Å². The van der Waals surface area contributed by atoms with Crippen molar-refractivity contribution in [2.75, 3.05) is 0 Å². The summed E-state index contributed by atoms with van der Waals surface area (Å²) in [6.45, 7) is 7.05. The van der Waals surface area contributed by atoms with Gasteiger partial charge < -0.3 is 4.43 Å². The summed E-state index contributed by atoms with van der Waals surface area (Å²) in [6.07, 6.45) is 8.34. The molecule has 2 unspecified atom stereocenters. The molecule has 1 aliphatic rings. The van der Waals surface area contributed by atoms with Crippen molar-refractivity contribution in [2.24, 2.45) is 0 Å². The second kappa shape index (κ2) is 7.42. The zero-order chi connectivity index (χ0) is 14.4. The topological polar surface area (TPSA) is 9.23 Å². The average Bonchev–Trinajstić information content (AvgIpc) is 2.43. The first-order valence-corrected chi connectivity index (χ1v) is 11.5. The van der Waals surface area contributed by atoms with Gasteiger partial charge in [-0.25, -0.2) is 0 Å². The quantitative estimate of drug-likeness (QED) is 0.480. The van der Waals surface area contributed by atoms with Crippen LogP contribution in [0.4, 0.5) is 0 Å². The van der Waals surface area contributed by atoms with Crippen molar-refractivity contribution in [3.8, 4) is 0 Å². The van der Waals surface area contributed by atoms with Gasteiger partial charge in [-0.1, -0.05) is 62.9 Å². The van der Waals surface area contributed by atoms with Gasteiger partial charge in [-0.3, -0.25) is 0 Å². The third-order valence-corrected chi connectivity index (χ3v) is 7.03. The molecule has 1 aromatic rings. The van der Waals surface area contributed by atoms with Crippen LogP contribution in [0.5, 0.6) is 0 Å². The van der Waals surface area contributed by atoms with Gasteiger partial charge in [-0.15, -0.1) is 0 Å². The van der Waals surface area contributed by atoms with Gasteiger partial charge in [0.15, 0.2) is 8.32 Å². The largest absolute Gasteiger partial charge is 0.414 e. The highest BCUT2D eigenvalue weighted by Gasteiger charge is 2.35. The molecule has 0 N–H and O–H groups in total. The molecule has 1 fully saturated rings. The van der Waals surface area contributed by atoms with Gasteiger partial charge in [-0.05, 0) is 37.5 Å². The first-order valence-electron chi connectivity index (χ1n) is 8.35. The standard InChI is InChI=1S/C18H30OSi/c1-4-5-7-13-17(16-11-8-6-9-12-16)18-14-10-15-20(2,3)19-18/h6,8-9,11-12,17-18H,4-5,7,10,13-15H2,1-3H3. The van der Waals surface area contributed by atoms with Gasteiger partial charge in [0.05, 0.1) is 6.10 Å². The van der Waals surface area contributed by atoms with Gasteiger partial charge in [0, 0.05) is 5.92 Å². The fraction of sp³-hybridized carbons (Fsp3) is 0.667. The molecule has 0 saturated carbocycles. The summed E-state index contributed by atoms with van der Waals surface area (Å²) in [5.41, 5.74) is 1.49. The van der Waals surface area contributed by atoms with E-state index in [0.29, 0.717) is 12.0 Å². The summed E-state index contributed by atoms with van der Waals surface area (Å²) in [5, 5.41) is 0. The number of hydrogen-bond donors (Lipinski definition) is 0. The first kappa shape index (κ1) is 15.8. The minimum absolute atomic E-state index is 0.463. The van der Waals surface area contributed by atoms with Crippen LogP contribution >= 0.6 is 0 Å². The third kappa shape index (κ3) is 4.46. The van der Waals surface area contributed by atoms with Crippen LogP contribution in [-0.4, -0.2) is 14.4 Å². The SMILES string of the molecule is CCCCCC(c1ccccc1)C1CCC[Si](C)(C)O1. The van der Waals surface area contributed by atoms with Crippen molar-refractivity contribution in [1.29, 1.82) is 0 Å². The van der Waals surface area contributed by atoms with Crippen LogP contribution in [0.25, 0.3) is 0 Å². The predicted molar refractivity (Wildman–Crippen MR) is 89.7 cm³/mol. The minimum atomic E-state index is -1.40. The molecule has 2 atom stereocenters. The van der Waals surface area contributed by atoms with E-state index in [4.69, 9.17) is 4.43 Å². The molecule has 2 heteroatoms. The first-order chi connectivity index (χ1) is 9.62. The normalized spacial score (nSPS) is 23.4. The highest BCUT2D eigenvalue weighted by atomic mass is 28.4. The van der Waals surface area contributed by atoms with Gasteiger partial charge in [-0.2, -0.15) is 0 Å². The molecule has 0 aromatic heterocycles. The lowest BCUT2D eigenvalue weighted by atomic mass is 9.86. The Kier molecular flexibility index (Phi) is 5.85. The Morgan fingerprint density at radius 3 is 2.60 bits per heavy atom. The van der Waals surface area contributed by atoms with E-state index in [0.717, 1.165) is 0 Å². The fourth-order valence-corrected chi connectivity index (χ4v) is 5.70. The summed E-state index contributed by atoms with van der Waals surface area (Å²) in [5.74, 6) is 0.606. The van der Waals surface area contributed by atoms with Crippen molar-refractivity contribution >= 4 is 8.32 Å². The summed E-state index contributed by atoms with van der Waals surface area (Å²) in [7, 11) is -1.40. The van der Waals surface area contributed by atoms with Crippen molar-refractivity contribution in [2.45, 2.75) is 76.6 Å². The van der Waals surface area contributed by atoms with E-state index in [1.165, 1.54) is 50.1 Å². The molecule has 0 spiro atoms. The van der Waals surface area contributed by atoms with Gasteiger partial charge in [0.1, 0.15) is 0 Å². The summed E-state index contributed by atoms with van der Waals surface area (Å²) in [4.78, 5) is 0. The zero-order valence-electron chi connectivity index (χ0n) is 13.4. The minimum Gasteiger partial charge on any atom is -0.414 e. The fourth-order valence-electron chi connectivity index (χ4n) is 3.42. The molecule has 1 saturated heterocycles. The highest BCUT2D eigenvalue weighted by Crippen LogP contribution is 2.36. The van der Waals surface area contributed by atoms with Crippen LogP contribution < -0.4 is 0 Å². The molecule has 112 valence electrons. The zero-order valence-corrected chi connectivity index (χ0v) is 14.4. The van der Waals surface area contributed by atoms with Crippen molar-refractivity contribution in [3.63, 3.8) is 0 Å². The van der Waals surface area contributed by atoms with Crippen LogP contribution in [0.15, 0.2) is 30.3 Å². The third-order valence-electron chi connectivity index (χ3n) is 4.53. The van der Waals surface area contributed by atoms with E-state index in [-0.39, 0.29) is 0 Å². The lowest BCUT2D eigenvalue weighted by Gasteiger charge is -2.39. The average molecular weight is 291 g/mol. The van der Waals surface area contributed by atoms with Crippen LogP contribution in [-0.2, 0) is 4.43 Å². The van der Waals surface area contributed by atoms with E-state index in [2.05, 4.69) is 50.3 Å². The number of hydrogen-bond acceptors (Lipinski definition) is 1. The molecule has 1 heterocycles. The van der Waals surface area contributed by atoms with Crippen molar-refractivity contribution < 1.29 is 4.43 Å². The second-order valence-electron chi connectivity index (χ2n) is 6.82. The van der Waals surface area contributed by atoms with E-state index in [1.54, 1.807) is 0 Å². The highest BCUT2D eigenvalue weighted by molar-refractivity contribution is 6.71. The maximum atomic E-state index is 6.56. The molecule has 20 heavy (non-hydrogen) atoms. The Bertz CT molecular complexity index is 388. The summed E-state index contributed by atoms with van der Waals surface area (Å²) >= 11 is 0. The lowest BCUT2D eigenvalue weighted by molar-refractivity contribution is 0.126. The lowest BCUT2D eigenvalue weighted by Crippen LogP contribution is -2.42. The summed E-state index contributed by atoms with van der Waals surface area (Å²) < 4.78 is 6.56. The molecule has 2 rings (SSSR count). The Balaban J connectivity index is 2.09. The monoisotopic (exact) mass is 290 g/mol. The Hall–Kier alpha value is -0.603. The van der Waals surface area contributed by atoms with E-state index >= 15 is 0 Å². The summed E-state index contributed by atoms with van der Waals surface area (Å²) in [6, 6.07) is 12.4. The van der Waals surface area contributed by atoms with Crippen molar-refractivity contribution in [1.82, 2.24) is 0 Å². The van der Waals surface area contributed by atoms with Gasteiger partial charge in [0.2, 0.25) is 0 Å². The Labute approximate surface area is 125 Å². The number of unbranched alkanes of at least 4 members (excludes halogenated alkanes) is 2. The van der Waals surface area contributed by atoms with Gasteiger partial charge >= 0.3 is 0 Å². The molecule has 0 bridgehead atoms. The molecular formula is C18H30OSi. The maximum Gasteiger partial charge on any atom is 0.187 e.